The van der Waals surface area contributed by atoms with E-state index in [1.165, 1.54) is 24.5 Å². The van der Waals surface area contributed by atoms with Crippen LogP contribution in [0.2, 0.25) is 0 Å². The Kier molecular flexibility index (Phi) is 4.01. The molecule has 0 atom stereocenters. The minimum atomic E-state index is -0.439. The largest absolute Gasteiger partial charge is 0.321 e. The highest BCUT2D eigenvalue weighted by Gasteiger charge is 2.23. The molecule has 2 heterocycles. The third-order valence-corrected chi connectivity index (χ3v) is 4.47. The number of rotatable bonds is 4. The van der Waals surface area contributed by atoms with Crippen molar-refractivity contribution >= 4 is 11.6 Å². The number of hydrogen-bond donors (Lipinski definition) is 2. The zero-order valence-corrected chi connectivity index (χ0v) is 13.4. The highest BCUT2D eigenvalue weighted by Crippen LogP contribution is 2.30. The van der Waals surface area contributed by atoms with Crippen LogP contribution in [0.4, 0.5) is 10.1 Å². The zero-order valence-electron chi connectivity index (χ0n) is 13.4. The van der Waals surface area contributed by atoms with Gasteiger partial charge in [0.1, 0.15) is 17.8 Å². The van der Waals surface area contributed by atoms with Gasteiger partial charge < -0.3 is 5.32 Å². The Labute approximate surface area is 143 Å². The molecular formula is C17H17FN6O. The summed E-state index contributed by atoms with van der Waals surface area (Å²) in [5.41, 5.74) is 1.24. The van der Waals surface area contributed by atoms with Crippen molar-refractivity contribution in [1.29, 1.82) is 0 Å². The van der Waals surface area contributed by atoms with Crippen LogP contribution in [0.1, 0.15) is 42.2 Å². The van der Waals surface area contributed by atoms with E-state index in [0.29, 0.717) is 17.2 Å². The predicted octanol–water partition coefficient (Wildman–Crippen LogP) is 3.17. The van der Waals surface area contributed by atoms with Gasteiger partial charge in [-0.15, -0.1) is 0 Å². The number of aromatic nitrogens is 5. The smallest absolute Gasteiger partial charge is 0.273 e. The first-order valence-electron chi connectivity index (χ1n) is 8.22. The SMILES string of the molecule is O=C(Nc1ccc(F)c(-c2ncn[nH]2)c1)c1ccnn1C1CCCC1. The van der Waals surface area contributed by atoms with Crippen molar-refractivity contribution in [2.24, 2.45) is 0 Å². The average molecular weight is 340 g/mol. The van der Waals surface area contributed by atoms with Gasteiger partial charge in [0.25, 0.3) is 5.91 Å². The van der Waals surface area contributed by atoms with Gasteiger partial charge >= 0.3 is 0 Å². The van der Waals surface area contributed by atoms with Crippen LogP contribution < -0.4 is 5.32 Å². The van der Waals surface area contributed by atoms with E-state index in [4.69, 9.17) is 0 Å². The molecule has 2 aromatic heterocycles. The number of anilines is 1. The fourth-order valence-electron chi connectivity index (χ4n) is 3.25. The van der Waals surface area contributed by atoms with Gasteiger partial charge in [0, 0.05) is 11.9 Å². The molecule has 1 aromatic carbocycles. The number of nitrogens with one attached hydrogen (secondary N) is 2. The molecule has 0 unspecified atom stereocenters. The van der Waals surface area contributed by atoms with Crippen molar-refractivity contribution in [3.8, 4) is 11.4 Å². The van der Waals surface area contributed by atoms with Crippen LogP contribution in [0.5, 0.6) is 0 Å². The summed E-state index contributed by atoms with van der Waals surface area (Å²) in [6.45, 7) is 0. The summed E-state index contributed by atoms with van der Waals surface area (Å²) in [6, 6.07) is 6.32. The van der Waals surface area contributed by atoms with Gasteiger partial charge in [-0.25, -0.2) is 9.37 Å². The molecule has 1 saturated carbocycles. The van der Waals surface area contributed by atoms with Crippen molar-refractivity contribution in [2.45, 2.75) is 31.7 Å². The first-order chi connectivity index (χ1) is 12.2. The Morgan fingerprint density at radius 2 is 2.12 bits per heavy atom. The normalized spacial score (nSPS) is 14.8. The van der Waals surface area contributed by atoms with Crippen molar-refractivity contribution < 1.29 is 9.18 Å². The van der Waals surface area contributed by atoms with E-state index in [0.717, 1.165) is 25.7 Å². The van der Waals surface area contributed by atoms with E-state index in [9.17, 15) is 9.18 Å². The number of carbonyl (C=O) groups is 1. The predicted molar refractivity (Wildman–Crippen MR) is 89.5 cm³/mol. The molecule has 0 aliphatic heterocycles. The number of nitrogens with zero attached hydrogens (tertiary/aromatic N) is 4. The van der Waals surface area contributed by atoms with Gasteiger partial charge in [-0.3, -0.25) is 14.6 Å². The summed E-state index contributed by atoms with van der Waals surface area (Å²) in [4.78, 5) is 16.6. The van der Waals surface area contributed by atoms with E-state index in [1.54, 1.807) is 16.9 Å². The minimum absolute atomic E-state index is 0.250. The van der Waals surface area contributed by atoms with Gasteiger partial charge in [-0.2, -0.15) is 10.2 Å². The highest BCUT2D eigenvalue weighted by molar-refractivity contribution is 6.03. The van der Waals surface area contributed by atoms with Crippen molar-refractivity contribution in [1.82, 2.24) is 25.0 Å². The van der Waals surface area contributed by atoms with Crippen LogP contribution in [0.3, 0.4) is 0 Å². The molecule has 2 N–H and O–H groups in total. The number of halogens is 1. The third-order valence-electron chi connectivity index (χ3n) is 4.47. The van der Waals surface area contributed by atoms with Gasteiger partial charge in [0.05, 0.1) is 11.6 Å². The van der Waals surface area contributed by atoms with E-state index in [-0.39, 0.29) is 17.5 Å². The maximum Gasteiger partial charge on any atom is 0.273 e. The Morgan fingerprint density at radius 3 is 2.88 bits per heavy atom. The summed E-state index contributed by atoms with van der Waals surface area (Å²) in [7, 11) is 0. The molecule has 25 heavy (non-hydrogen) atoms. The lowest BCUT2D eigenvalue weighted by atomic mass is 10.1. The van der Waals surface area contributed by atoms with Gasteiger partial charge in [-0.05, 0) is 37.1 Å². The highest BCUT2D eigenvalue weighted by atomic mass is 19.1. The Bertz CT molecular complexity index is 882. The third kappa shape index (κ3) is 3.02. The Balaban J connectivity index is 1.58. The van der Waals surface area contributed by atoms with Gasteiger partial charge in [0.15, 0.2) is 5.82 Å². The molecule has 1 amide bonds. The molecule has 1 aliphatic rings. The lowest BCUT2D eigenvalue weighted by Crippen LogP contribution is -2.20. The maximum absolute atomic E-state index is 14.0. The van der Waals surface area contributed by atoms with E-state index in [2.05, 4.69) is 25.6 Å². The van der Waals surface area contributed by atoms with Crippen LogP contribution in [0.25, 0.3) is 11.4 Å². The lowest BCUT2D eigenvalue weighted by molar-refractivity contribution is 0.101. The molecule has 3 aromatic rings. The molecule has 0 radical (unpaired) electrons. The first kappa shape index (κ1) is 15.5. The molecule has 1 fully saturated rings. The van der Waals surface area contributed by atoms with Gasteiger partial charge in [-0.1, -0.05) is 12.8 Å². The molecule has 4 rings (SSSR count). The summed E-state index contributed by atoms with van der Waals surface area (Å²) in [6.07, 6.45) is 7.33. The molecule has 0 spiro atoms. The summed E-state index contributed by atoms with van der Waals surface area (Å²) >= 11 is 0. The fraction of sp³-hybridized carbons (Fsp3) is 0.294. The van der Waals surface area contributed by atoms with Crippen LogP contribution in [-0.2, 0) is 0 Å². The number of benzene rings is 1. The fourth-order valence-corrected chi connectivity index (χ4v) is 3.25. The molecule has 128 valence electrons. The van der Waals surface area contributed by atoms with E-state index in [1.807, 2.05) is 0 Å². The molecule has 0 saturated heterocycles. The number of amides is 1. The zero-order chi connectivity index (χ0) is 17.2. The average Bonchev–Trinajstić information content (AvgIpc) is 3.37. The second-order valence-electron chi connectivity index (χ2n) is 6.08. The van der Waals surface area contributed by atoms with Crippen molar-refractivity contribution in [3.63, 3.8) is 0 Å². The van der Waals surface area contributed by atoms with E-state index < -0.39 is 5.82 Å². The number of H-pyrrole nitrogens is 1. The maximum atomic E-state index is 14.0. The monoisotopic (exact) mass is 340 g/mol. The second-order valence-corrected chi connectivity index (χ2v) is 6.08. The van der Waals surface area contributed by atoms with Crippen LogP contribution in [0.15, 0.2) is 36.8 Å². The molecular weight excluding hydrogens is 323 g/mol. The number of hydrogen-bond acceptors (Lipinski definition) is 4. The van der Waals surface area contributed by atoms with Gasteiger partial charge in [0.2, 0.25) is 0 Å². The molecule has 0 bridgehead atoms. The number of carbonyl (C=O) groups excluding carboxylic acids is 1. The number of aromatic amines is 1. The second kappa shape index (κ2) is 6.46. The molecule has 7 nitrogen and oxygen atoms in total. The lowest BCUT2D eigenvalue weighted by Gasteiger charge is -2.14. The summed E-state index contributed by atoms with van der Waals surface area (Å²) < 4.78 is 15.8. The summed E-state index contributed by atoms with van der Waals surface area (Å²) in [5.74, 6) is -0.394. The Morgan fingerprint density at radius 1 is 1.28 bits per heavy atom. The standard InChI is InChI=1S/C17H17FN6O/c18-14-6-5-11(9-13(14)16-19-10-20-23-16)22-17(25)15-7-8-21-24(15)12-3-1-2-4-12/h5-10,12H,1-4H2,(H,22,25)(H,19,20,23). The quantitative estimate of drug-likeness (QED) is 0.763. The van der Waals surface area contributed by atoms with Crippen molar-refractivity contribution in [2.75, 3.05) is 5.32 Å². The molecule has 8 heteroatoms. The Hall–Kier alpha value is -3.03. The van der Waals surface area contributed by atoms with Crippen LogP contribution in [-0.4, -0.2) is 30.9 Å². The van der Waals surface area contributed by atoms with Crippen LogP contribution >= 0.6 is 0 Å². The topological polar surface area (TPSA) is 88.5 Å². The first-order valence-corrected chi connectivity index (χ1v) is 8.22. The van der Waals surface area contributed by atoms with Crippen LogP contribution in [0, 0.1) is 5.82 Å². The molecule has 1 aliphatic carbocycles. The summed E-state index contributed by atoms with van der Waals surface area (Å²) in [5, 5.41) is 13.5. The van der Waals surface area contributed by atoms with E-state index >= 15 is 0 Å². The van der Waals surface area contributed by atoms with Crippen molar-refractivity contribution in [3.05, 3.63) is 48.3 Å². The minimum Gasteiger partial charge on any atom is -0.321 e.